The van der Waals surface area contributed by atoms with Crippen molar-refractivity contribution in [3.63, 3.8) is 0 Å². The first kappa shape index (κ1) is 28.1. The van der Waals surface area contributed by atoms with Crippen molar-refractivity contribution < 1.29 is 0 Å². The maximum absolute atomic E-state index is 2.73. The number of rotatable bonds is 8. The summed E-state index contributed by atoms with van der Waals surface area (Å²) in [7, 11) is -0.919. The lowest BCUT2D eigenvalue weighted by Gasteiger charge is -2.50. The van der Waals surface area contributed by atoms with Gasteiger partial charge in [-0.25, -0.2) is 10.0 Å². The smallest absolute Gasteiger partial charge is 0.0368 e. The molecule has 0 saturated carbocycles. The van der Waals surface area contributed by atoms with Crippen LogP contribution in [-0.2, 0) is 25.7 Å². The van der Waals surface area contributed by atoms with Crippen LogP contribution in [0.4, 0.5) is 0 Å². The van der Waals surface area contributed by atoms with Crippen molar-refractivity contribution in [2.75, 3.05) is 11.5 Å². The molecule has 1 heteroatoms. The summed E-state index contributed by atoms with van der Waals surface area (Å²) in [6, 6.07) is 10.4. The van der Waals surface area contributed by atoms with Crippen LogP contribution in [-0.4, -0.2) is 11.5 Å². The van der Waals surface area contributed by atoms with Gasteiger partial charge in [0, 0.05) is 10.5 Å². The van der Waals surface area contributed by atoms with E-state index in [4.69, 9.17) is 0 Å². The van der Waals surface area contributed by atoms with Gasteiger partial charge in [-0.05, 0) is 144 Å². The monoisotopic (exact) mass is 566 g/mol. The molecule has 5 aliphatic rings. The lowest BCUT2D eigenvalue weighted by atomic mass is 9.79. The van der Waals surface area contributed by atoms with Crippen LogP contribution in [0.15, 0.2) is 35.4 Å². The summed E-state index contributed by atoms with van der Waals surface area (Å²) in [6.45, 7) is 14.6. The van der Waals surface area contributed by atoms with Gasteiger partial charge in [-0.1, -0.05) is 89.1 Å². The zero-order valence-corrected chi connectivity index (χ0v) is 27.7. The molecule has 7 rings (SSSR count). The van der Waals surface area contributed by atoms with E-state index in [0.717, 1.165) is 0 Å². The van der Waals surface area contributed by atoms with Crippen LogP contribution in [0.2, 0.25) is 0 Å². The van der Waals surface area contributed by atoms with Crippen molar-refractivity contribution in [3.8, 4) is 0 Å². The molecule has 0 aromatic heterocycles. The van der Waals surface area contributed by atoms with Crippen LogP contribution in [0.1, 0.15) is 148 Å². The van der Waals surface area contributed by atoms with Crippen LogP contribution in [0.25, 0.3) is 12.2 Å². The highest BCUT2D eigenvalue weighted by Crippen LogP contribution is 2.79. The van der Waals surface area contributed by atoms with E-state index in [-0.39, 0.29) is 0 Å². The van der Waals surface area contributed by atoms with E-state index in [9.17, 15) is 0 Å². The zero-order valence-electron chi connectivity index (χ0n) is 26.9. The molecule has 1 aliphatic heterocycles. The quantitative estimate of drug-likeness (QED) is 0.298. The summed E-state index contributed by atoms with van der Waals surface area (Å²) >= 11 is 0. The Balaban J connectivity index is 1.36. The second-order valence-corrected chi connectivity index (χ2v) is 18.3. The molecule has 2 aromatic carbocycles. The summed E-state index contributed by atoms with van der Waals surface area (Å²) in [6.07, 6.45) is 21.2. The Labute approximate surface area is 252 Å². The maximum Gasteiger partial charge on any atom is 0.0368 e. The van der Waals surface area contributed by atoms with Crippen molar-refractivity contribution in [2.24, 2.45) is 10.8 Å². The van der Waals surface area contributed by atoms with E-state index < -0.39 is 10.0 Å². The topological polar surface area (TPSA) is 0 Å². The van der Waals surface area contributed by atoms with E-state index in [1.54, 1.807) is 55.7 Å². The van der Waals surface area contributed by atoms with Crippen LogP contribution in [0, 0.1) is 10.8 Å². The lowest BCUT2D eigenvalue weighted by molar-refractivity contribution is 0.280. The SMILES string of the molecule is CCC1=Cc2c(ccc3c2CC(CC)(CC)C3)C1S1(C2C(CC)=Cc3c2ccc2c3CC(CC)(CC)C2)CCCC1. The first-order chi connectivity index (χ1) is 19.9. The molecule has 4 aliphatic carbocycles. The fourth-order valence-corrected chi connectivity index (χ4v) is 16.2. The van der Waals surface area contributed by atoms with Gasteiger partial charge in [0.15, 0.2) is 0 Å². The van der Waals surface area contributed by atoms with Crippen molar-refractivity contribution >= 4 is 22.2 Å². The Kier molecular flexibility index (Phi) is 6.97. The number of hydrogen-bond donors (Lipinski definition) is 0. The van der Waals surface area contributed by atoms with Gasteiger partial charge in [-0.3, -0.25) is 0 Å². The minimum atomic E-state index is -0.919. The number of fused-ring (bicyclic) bond motifs is 6. The number of benzene rings is 2. The third-order valence-electron chi connectivity index (χ3n) is 13.2. The lowest BCUT2D eigenvalue weighted by Crippen LogP contribution is -2.21. The average Bonchev–Trinajstić information content (AvgIpc) is 3.82. The average molecular weight is 567 g/mol. The van der Waals surface area contributed by atoms with Gasteiger partial charge in [0.25, 0.3) is 0 Å². The second kappa shape index (κ2) is 10.2. The third kappa shape index (κ3) is 3.92. The van der Waals surface area contributed by atoms with E-state index in [0.29, 0.717) is 21.3 Å². The van der Waals surface area contributed by atoms with E-state index in [1.165, 1.54) is 88.6 Å². The van der Waals surface area contributed by atoms with Crippen molar-refractivity contribution in [1.82, 2.24) is 0 Å². The Morgan fingerprint density at radius 3 is 1.37 bits per heavy atom. The molecule has 0 bridgehead atoms. The van der Waals surface area contributed by atoms with Crippen molar-refractivity contribution in [2.45, 2.75) is 129 Å². The van der Waals surface area contributed by atoms with Crippen LogP contribution in [0.3, 0.4) is 0 Å². The molecule has 1 heterocycles. The highest BCUT2D eigenvalue weighted by molar-refractivity contribution is 8.34. The largest absolute Gasteiger partial charge is 0.220 e. The molecule has 0 spiro atoms. The molecule has 1 fully saturated rings. The summed E-state index contributed by atoms with van der Waals surface area (Å²) in [5, 5.41) is 1.33. The fraction of sp³-hybridized carbons (Fsp3) is 0.600. The van der Waals surface area contributed by atoms with Gasteiger partial charge in [0.1, 0.15) is 0 Å². The molecule has 0 nitrogen and oxygen atoms in total. The minimum Gasteiger partial charge on any atom is -0.220 e. The van der Waals surface area contributed by atoms with Gasteiger partial charge in [0.05, 0.1) is 0 Å². The normalized spacial score (nSPS) is 26.8. The van der Waals surface area contributed by atoms with Crippen molar-refractivity contribution in [1.29, 1.82) is 0 Å². The number of hydrogen-bond acceptors (Lipinski definition) is 0. The Morgan fingerprint density at radius 2 is 1.00 bits per heavy atom. The highest BCUT2D eigenvalue weighted by Gasteiger charge is 2.51. The van der Waals surface area contributed by atoms with Crippen LogP contribution >= 0.6 is 10.0 Å². The highest BCUT2D eigenvalue weighted by atomic mass is 32.3. The van der Waals surface area contributed by atoms with E-state index in [1.807, 2.05) is 0 Å². The predicted octanol–water partition coefficient (Wildman–Crippen LogP) is 11.5. The molecule has 2 atom stereocenters. The molecule has 220 valence electrons. The fourth-order valence-electron chi connectivity index (χ4n) is 10.2. The first-order valence-corrected chi connectivity index (χ1v) is 19.5. The molecule has 41 heavy (non-hydrogen) atoms. The van der Waals surface area contributed by atoms with E-state index in [2.05, 4.69) is 78.0 Å². The Morgan fingerprint density at radius 1 is 0.585 bits per heavy atom. The molecule has 2 unspecified atom stereocenters. The van der Waals surface area contributed by atoms with Gasteiger partial charge >= 0.3 is 0 Å². The standard InChI is InChI=1S/C40H54S/c1-7-27-21-33-31(17-15-29-23-39(9-3,10-4)25-35(29)33)37(27)41(19-13-14-20-41)38-28(8-2)22-34-32(38)18-16-30-24-40(11-5,12-6)26-36(30)34/h15-18,21-22,37-38H,7-14,19-20,23-26H2,1-6H3. The molecular formula is C40H54S. The predicted molar refractivity (Wildman–Crippen MR) is 182 cm³/mol. The molecule has 0 amide bonds. The van der Waals surface area contributed by atoms with Crippen LogP contribution in [0.5, 0.6) is 0 Å². The minimum absolute atomic E-state index is 0.489. The molecular weight excluding hydrogens is 513 g/mol. The summed E-state index contributed by atoms with van der Waals surface area (Å²) < 4.78 is 0. The molecule has 1 saturated heterocycles. The van der Waals surface area contributed by atoms with Crippen LogP contribution < -0.4 is 0 Å². The molecule has 0 N–H and O–H groups in total. The van der Waals surface area contributed by atoms with Crippen molar-refractivity contribution in [3.05, 3.63) is 79.9 Å². The maximum atomic E-state index is 2.73. The van der Waals surface area contributed by atoms with E-state index >= 15 is 0 Å². The Hall–Kier alpha value is -1.73. The van der Waals surface area contributed by atoms with Gasteiger partial charge in [-0.2, -0.15) is 0 Å². The summed E-state index contributed by atoms with van der Waals surface area (Å²) in [4.78, 5) is 0. The summed E-state index contributed by atoms with van der Waals surface area (Å²) in [5.74, 6) is 2.93. The van der Waals surface area contributed by atoms with Gasteiger partial charge in [-0.15, -0.1) is 0 Å². The Bertz CT molecular complexity index is 1320. The van der Waals surface area contributed by atoms with Gasteiger partial charge in [0.2, 0.25) is 0 Å². The van der Waals surface area contributed by atoms with Gasteiger partial charge < -0.3 is 0 Å². The third-order valence-corrected chi connectivity index (χ3v) is 18.3. The first-order valence-electron chi connectivity index (χ1n) is 17.4. The molecule has 0 radical (unpaired) electrons. The zero-order chi connectivity index (χ0) is 28.6. The second-order valence-electron chi connectivity index (χ2n) is 14.6. The summed E-state index contributed by atoms with van der Waals surface area (Å²) in [5.41, 5.74) is 18.2. The molecule has 2 aromatic rings.